The van der Waals surface area contributed by atoms with Gasteiger partial charge in [0.1, 0.15) is 11.8 Å². The van der Waals surface area contributed by atoms with Crippen molar-refractivity contribution in [3.05, 3.63) is 53.9 Å². The van der Waals surface area contributed by atoms with E-state index in [1.807, 2.05) is 41.0 Å². The van der Waals surface area contributed by atoms with Crippen LogP contribution in [0.4, 0.5) is 0 Å². The Balaban J connectivity index is 2.26. The first-order valence-corrected chi connectivity index (χ1v) is 5.26. The van der Waals surface area contributed by atoms with Crippen molar-refractivity contribution in [2.24, 2.45) is 0 Å². The number of benzene rings is 1. The zero-order valence-corrected chi connectivity index (χ0v) is 9.09. The summed E-state index contributed by atoms with van der Waals surface area (Å²) in [6, 6.07) is 11.4. The molecule has 0 amide bonds. The van der Waals surface area contributed by atoms with Crippen molar-refractivity contribution in [3.8, 4) is 5.69 Å². The Hall–Kier alpha value is -1.87. The number of hydrogen-bond acceptors (Lipinski definition) is 2. The van der Waals surface area contributed by atoms with Crippen LogP contribution in [0.15, 0.2) is 48.9 Å². The Bertz CT molecular complexity index is 645. The molecule has 4 heteroatoms. The number of halogens is 1. The van der Waals surface area contributed by atoms with Crippen molar-refractivity contribution < 1.29 is 0 Å². The van der Waals surface area contributed by atoms with Gasteiger partial charge in [-0.25, -0.2) is 9.97 Å². The van der Waals surface area contributed by atoms with Crippen LogP contribution in [0.25, 0.3) is 16.9 Å². The smallest absolute Gasteiger partial charge is 0.164 e. The largest absolute Gasteiger partial charge is 0.283 e. The van der Waals surface area contributed by atoms with Crippen LogP contribution in [0, 0.1) is 0 Å². The van der Waals surface area contributed by atoms with E-state index >= 15 is 0 Å². The second-order valence-corrected chi connectivity index (χ2v) is 3.88. The van der Waals surface area contributed by atoms with Gasteiger partial charge in [0.15, 0.2) is 5.65 Å². The molecule has 1 aromatic carbocycles. The standard InChI is InChI=1S/C12H8ClN3/c13-9-3-1-4-10(7-9)16-8-15-11-5-2-6-14-12(11)16/h1-8H. The topological polar surface area (TPSA) is 30.7 Å². The zero-order chi connectivity index (χ0) is 11.0. The van der Waals surface area contributed by atoms with Crippen LogP contribution in [0.5, 0.6) is 0 Å². The molecule has 0 aliphatic heterocycles. The molecule has 16 heavy (non-hydrogen) atoms. The Morgan fingerprint density at radius 1 is 1.06 bits per heavy atom. The average Bonchev–Trinajstić information content (AvgIpc) is 2.72. The highest BCUT2D eigenvalue weighted by Gasteiger charge is 2.04. The molecule has 0 aliphatic rings. The molecule has 0 atom stereocenters. The lowest BCUT2D eigenvalue weighted by molar-refractivity contribution is 1.07. The molecule has 3 aromatic rings. The molecule has 0 radical (unpaired) electrons. The van der Waals surface area contributed by atoms with Gasteiger partial charge in [-0.2, -0.15) is 0 Å². The van der Waals surface area contributed by atoms with E-state index in [-0.39, 0.29) is 0 Å². The van der Waals surface area contributed by atoms with E-state index < -0.39 is 0 Å². The van der Waals surface area contributed by atoms with Gasteiger partial charge in [0, 0.05) is 11.2 Å². The summed E-state index contributed by atoms with van der Waals surface area (Å²) in [5.41, 5.74) is 2.68. The summed E-state index contributed by atoms with van der Waals surface area (Å²) in [6.07, 6.45) is 3.51. The molecule has 2 aromatic heterocycles. The third-order valence-corrected chi connectivity index (χ3v) is 2.63. The van der Waals surface area contributed by atoms with Gasteiger partial charge in [-0.3, -0.25) is 4.57 Å². The number of pyridine rings is 1. The third-order valence-electron chi connectivity index (χ3n) is 2.39. The second-order valence-electron chi connectivity index (χ2n) is 3.44. The van der Waals surface area contributed by atoms with Gasteiger partial charge in [-0.1, -0.05) is 17.7 Å². The normalized spacial score (nSPS) is 10.8. The predicted molar refractivity (Wildman–Crippen MR) is 63.9 cm³/mol. The molecule has 0 saturated heterocycles. The first-order valence-electron chi connectivity index (χ1n) is 4.88. The minimum atomic E-state index is 0.704. The molecule has 78 valence electrons. The molecule has 0 saturated carbocycles. The van der Waals surface area contributed by atoms with Crippen molar-refractivity contribution >= 4 is 22.8 Å². The van der Waals surface area contributed by atoms with E-state index in [1.165, 1.54) is 0 Å². The van der Waals surface area contributed by atoms with Gasteiger partial charge in [-0.05, 0) is 30.3 Å². The molecule has 0 aliphatic carbocycles. The molecule has 3 rings (SSSR count). The molecule has 0 N–H and O–H groups in total. The predicted octanol–water partition coefficient (Wildman–Crippen LogP) is 3.07. The molecule has 2 heterocycles. The molecule has 0 fully saturated rings. The summed E-state index contributed by atoms with van der Waals surface area (Å²) < 4.78 is 1.92. The highest BCUT2D eigenvalue weighted by Crippen LogP contribution is 2.18. The Kier molecular flexibility index (Phi) is 2.11. The number of hydrogen-bond donors (Lipinski definition) is 0. The lowest BCUT2D eigenvalue weighted by atomic mass is 10.3. The fourth-order valence-electron chi connectivity index (χ4n) is 1.66. The van der Waals surface area contributed by atoms with Crippen LogP contribution in [0.2, 0.25) is 5.02 Å². The minimum Gasteiger partial charge on any atom is -0.283 e. The van der Waals surface area contributed by atoms with Gasteiger partial charge in [-0.15, -0.1) is 0 Å². The molecule has 0 spiro atoms. The van der Waals surface area contributed by atoms with Crippen molar-refractivity contribution in [1.82, 2.24) is 14.5 Å². The highest BCUT2D eigenvalue weighted by atomic mass is 35.5. The lowest BCUT2D eigenvalue weighted by Crippen LogP contribution is -1.92. The van der Waals surface area contributed by atoms with Crippen LogP contribution < -0.4 is 0 Å². The number of imidazole rings is 1. The maximum absolute atomic E-state index is 5.96. The van der Waals surface area contributed by atoms with E-state index in [0.29, 0.717) is 5.02 Å². The van der Waals surface area contributed by atoms with Crippen LogP contribution in [-0.4, -0.2) is 14.5 Å². The summed E-state index contributed by atoms with van der Waals surface area (Å²) in [7, 11) is 0. The summed E-state index contributed by atoms with van der Waals surface area (Å²) >= 11 is 5.96. The summed E-state index contributed by atoms with van der Waals surface area (Å²) in [6.45, 7) is 0. The highest BCUT2D eigenvalue weighted by molar-refractivity contribution is 6.30. The number of nitrogens with zero attached hydrogens (tertiary/aromatic N) is 3. The number of aromatic nitrogens is 3. The maximum Gasteiger partial charge on any atom is 0.164 e. The minimum absolute atomic E-state index is 0.704. The van der Waals surface area contributed by atoms with Gasteiger partial charge < -0.3 is 0 Å². The molecule has 0 unspecified atom stereocenters. The molecule has 3 nitrogen and oxygen atoms in total. The van der Waals surface area contributed by atoms with Crippen LogP contribution >= 0.6 is 11.6 Å². The first kappa shape index (κ1) is 9.36. The van der Waals surface area contributed by atoms with Crippen LogP contribution in [-0.2, 0) is 0 Å². The number of rotatable bonds is 1. The van der Waals surface area contributed by atoms with Crippen molar-refractivity contribution in [3.63, 3.8) is 0 Å². The average molecular weight is 230 g/mol. The van der Waals surface area contributed by atoms with Crippen LogP contribution in [0.1, 0.15) is 0 Å². The number of fused-ring (bicyclic) bond motifs is 1. The van der Waals surface area contributed by atoms with Crippen molar-refractivity contribution in [2.45, 2.75) is 0 Å². The van der Waals surface area contributed by atoms with Gasteiger partial charge in [0.05, 0.1) is 5.69 Å². The van der Waals surface area contributed by atoms with E-state index in [0.717, 1.165) is 16.9 Å². The SMILES string of the molecule is Clc1cccc(-n2cnc3cccnc32)c1. The van der Waals surface area contributed by atoms with E-state index in [2.05, 4.69) is 9.97 Å². The molecular weight excluding hydrogens is 222 g/mol. The van der Waals surface area contributed by atoms with Crippen LogP contribution in [0.3, 0.4) is 0 Å². The summed E-state index contributed by atoms with van der Waals surface area (Å²) in [5, 5.41) is 0.704. The second kappa shape index (κ2) is 3.61. The first-order chi connectivity index (χ1) is 7.84. The Labute approximate surface area is 97.3 Å². The Morgan fingerprint density at radius 2 is 2.00 bits per heavy atom. The monoisotopic (exact) mass is 229 g/mol. The van der Waals surface area contributed by atoms with Crippen molar-refractivity contribution in [1.29, 1.82) is 0 Å². The quantitative estimate of drug-likeness (QED) is 0.642. The van der Waals surface area contributed by atoms with Gasteiger partial charge in [0.25, 0.3) is 0 Å². The third kappa shape index (κ3) is 1.46. The van der Waals surface area contributed by atoms with E-state index in [1.54, 1.807) is 12.5 Å². The fourth-order valence-corrected chi connectivity index (χ4v) is 1.85. The van der Waals surface area contributed by atoms with Crippen molar-refractivity contribution in [2.75, 3.05) is 0 Å². The summed E-state index contributed by atoms with van der Waals surface area (Å²) in [4.78, 5) is 8.59. The molecule has 0 bridgehead atoms. The van der Waals surface area contributed by atoms with Gasteiger partial charge >= 0.3 is 0 Å². The zero-order valence-electron chi connectivity index (χ0n) is 8.34. The molecular formula is C12H8ClN3. The Morgan fingerprint density at radius 3 is 2.88 bits per heavy atom. The maximum atomic E-state index is 5.96. The fraction of sp³-hybridized carbons (Fsp3) is 0. The van der Waals surface area contributed by atoms with E-state index in [4.69, 9.17) is 11.6 Å². The van der Waals surface area contributed by atoms with Gasteiger partial charge in [0.2, 0.25) is 0 Å². The van der Waals surface area contributed by atoms with E-state index in [9.17, 15) is 0 Å². The summed E-state index contributed by atoms with van der Waals surface area (Å²) in [5.74, 6) is 0. The lowest BCUT2D eigenvalue weighted by Gasteiger charge is -2.03.